The molecule has 140 valence electrons. The van der Waals surface area contributed by atoms with Gasteiger partial charge in [-0.15, -0.1) is 11.3 Å². The number of aromatic nitrogens is 2. The van der Waals surface area contributed by atoms with Gasteiger partial charge in [0.05, 0.1) is 24.0 Å². The van der Waals surface area contributed by atoms with Gasteiger partial charge in [0.1, 0.15) is 10.5 Å². The predicted octanol–water partition coefficient (Wildman–Crippen LogP) is 4.54. The maximum absolute atomic E-state index is 13.0. The first-order valence-electron chi connectivity index (χ1n) is 8.81. The molecule has 4 rings (SSSR count). The Bertz CT molecular complexity index is 1100. The van der Waals surface area contributed by atoms with Gasteiger partial charge >= 0.3 is 0 Å². The van der Waals surface area contributed by atoms with E-state index in [1.807, 2.05) is 60.1 Å². The normalized spacial score (nSPS) is 11.9. The van der Waals surface area contributed by atoms with Crippen LogP contribution in [0.1, 0.15) is 21.3 Å². The van der Waals surface area contributed by atoms with E-state index < -0.39 is 0 Å². The molecule has 0 saturated carbocycles. The summed E-state index contributed by atoms with van der Waals surface area (Å²) in [5.41, 5.74) is 3.45. The summed E-state index contributed by atoms with van der Waals surface area (Å²) in [5, 5.41) is 9.30. The van der Waals surface area contributed by atoms with Crippen LogP contribution in [-0.2, 0) is 0 Å². The summed E-state index contributed by atoms with van der Waals surface area (Å²) in [6.07, 6.45) is 3.57. The maximum Gasteiger partial charge on any atom is 0.264 e. The molecule has 1 aromatic carbocycles. The number of hydrogen-bond donors (Lipinski definition) is 3. The number of pyridine rings is 1. The second-order valence-electron chi connectivity index (χ2n) is 6.23. The number of nitrogens with zero attached hydrogens (tertiary/aromatic N) is 2. The Balaban J connectivity index is 1.57. The molecule has 0 unspecified atom stereocenters. The molecule has 3 aromatic heterocycles. The third-order valence-electron chi connectivity index (χ3n) is 4.42. The van der Waals surface area contributed by atoms with Crippen molar-refractivity contribution in [1.82, 2.24) is 15.3 Å². The third-order valence-corrected chi connectivity index (χ3v) is 5.33. The molecule has 6 nitrogen and oxygen atoms in total. The standard InChI is InChI=1S/C21H19N5OS/c1-22-13-18(14-5-3-2-4-6-14)26-21(27)19-17(9-12-28-19)25-16-8-11-24-20-15(16)7-10-23-20/h2-12,18H,1,13H2,(H,26,27)(H2,23,24,25)/t18-/m1/s1. The van der Waals surface area contributed by atoms with Crippen LogP contribution in [0.25, 0.3) is 11.0 Å². The molecule has 7 heteroatoms. The number of benzene rings is 1. The zero-order valence-electron chi connectivity index (χ0n) is 15.1. The number of aliphatic imine (C=N–C) groups is 1. The van der Waals surface area contributed by atoms with Crippen molar-refractivity contribution in [2.45, 2.75) is 6.04 Å². The fraction of sp³-hybridized carbons (Fsp3) is 0.0952. The van der Waals surface area contributed by atoms with E-state index in [1.165, 1.54) is 11.3 Å². The van der Waals surface area contributed by atoms with Crippen molar-refractivity contribution in [3.8, 4) is 0 Å². The van der Waals surface area contributed by atoms with Crippen LogP contribution in [0, 0.1) is 0 Å². The highest BCUT2D eigenvalue weighted by atomic mass is 32.1. The molecule has 0 radical (unpaired) electrons. The lowest BCUT2D eigenvalue weighted by molar-refractivity contribution is 0.0943. The first kappa shape index (κ1) is 17.9. The second kappa shape index (κ2) is 8.06. The van der Waals surface area contributed by atoms with E-state index in [1.54, 1.807) is 6.20 Å². The smallest absolute Gasteiger partial charge is 0.264 e. The average Bonchev–Trinajstić information content (AvgIpc) is 3.38. The van der Waals surface area contributed by atoms with Crippen molar-refractivity contribution in [2.75, 3.05) is 11.9 Å². The molecule has 4 aromatic rings. The zero-order chi connectivity index (χ0) is 19.3. The molecule has 0 aliphatic carbocycles. The van der Waals surface area contributed by atoms with Gasteiger partial charge in [0.2, 0.25) is 0 Å². The molecule has 0 bridgehead atoms. The van der Waals surface area contributed by atoms with Gasteiger partial charge in [-0.25, -0.2) is 4.98 Å². The topological polar surface area (TPSA) is 82.2 Å². The first-order chi connectivity index (χ1) is 13.8. The number of aromatic amines is 1. The van der Waals surface area contributed by atoms with Crippen LogP contribution in [-0.4, -0.2) is 29.1 Å². The summed E-state index contributed by atoms with van der Waals surface area (Å²) < 4.78 is 0. The van der Waals surface area contributed by atoms with Gasteiger partial charge in [-0.2, -0.15) is 0 Å². The number of thiophene rings is 1. The van der Waals surface area contributed by atoms with E-state index in [0.29, 0.717) is 11.4 Å². The van der Waals surface area contributed by atoms with Gasteiger partial charge in [0.25, 0.3) is 5.91 Å². The van der Waals surface area contributed by atoms with E-state index in [0.717, 1.165) is 28.0 Å². The molecule has 1 amide bonds. The second-order valence-corrected chi connectivity index (χ2v) is 7.15. The number of carbonyl (C=O) groups excluding carboxylic acids is 1. The Labute approximate surface area is 166 Å². The van der Waals surface area contributed by atoms with E-state index >= 15 is 0 Å². The lowest BCUT2D eigenvalue weighted by atomic mass is 10.1. The number of rotatable bonds is 7. The molecule has 0 saturated heterocycles. The number of H-pyrrole nitrogens is 1. The SMILES string of the molecule is C=NC[C@@H](NC(=O)c1sccc1Nc1ccnc2[nH]ccc12)c1ccccc1. The number of nitrogens with one attached hydrogen (secondary N) is 3. The van der Waals surface area contributed by atoms with Gasteiger partial charge in [0.15, 0.2) is 0 Å². The van der Waals surface area contributed by atoms with Crippen molar-refractivity contribution in [3.63, 3.8) is 0 Å². The summed E-state index contributed by atoms with van der Waals surface area (Å²) >= 11 is 1.40. The van der Waals surface area contributed by atoms with Gasteiger partial charge in [0, 0.05) is 17.8 Å². The Kier molecular flexibility index (Phi) is 5.16. The van der Waals surface area contributed by atoms with E-state index in [-0.39, 0.29) is 11.9 Å². The Morgan fingerprint density at radius 2 is 2.04 bits per heavy atom. The van der Waals surface area contributed by atoms with Gasteiger partial charge in [-0.3, -0.25) is 9.79 Å². The minimum Gasteiger partial charge on any atom is -0.354 e. The minimum absolute atomic E-state index is 0.144. The third kappa shape index (κ3) is 3.65. The monoisotopic (exact) mass is 389 g/mol. The average molecular weight is 389 g/mol. The Morgan fingerprint density at radius 1 is 1.18 bits per heavy atom. The molecule has 1 atom stereocenters. The lowest BCUT2D eigenvalue weighted by Gasteiger charge is -2.17. The molecule has 3 N–H and O–H groups in total. The van der Waals surface area contributed by atoms with Gasteiger partial charge in [-0.05, 0) is 35.9 Å². The molecule has 0 aliphatic rings. The van der Waals surface area contributed by atoms with Crippen molar-refractivity contribution in [3.05, 3.63) is 76.7 Å². The van der Waals surface area contributed by atoms with Gasteiger partial charge in [-0.1, -0.05) is 30.3 Å². The fourth-order valence-corrected chi connectivity index (χ4v) is 3.82. The van der Waals surface area contributed by atoms with Gasteiger partial charge < -0.3 is 15.6 Å². The lowest BCUT2D eigenvalue weighted by Crippen LogP contribution is -2.30. The van der Waals surface area contributed by atoms with Crippen LogP contribution < -0.4 is 10.6 Å². The maximum atomic E-state index is 13.0. The van der Waals surface area contributed by atoms with Crippen LogP contribution >= 0.6 is 11.3 Å². The predicted molar refractivity (Wildman–Crippen MR) is 115 cm³/mol. The largest absolute Gasteiger partial charge is 0.354 e. The van der Waals surface area contributed by atoms with E-state index in [9.17, 15) is 4.79 Å². The van der Waals surface area contributed by atoms with E-state index in [4.69, 9.17) is 0 Å². The minimum atomic E-state index is -0.224. The number of amides is 1. The quantitative estimate of drug-likeness (QED) is 0.406. The molecular weight excluding hydrogens is 370 g/mol. The number of anilines is 2. The number of fused-ring (bicyclic) bond motifs is 1. The van der Waals surface area contributed by atoms with Crippen LogP contribution in [0.4, 0.5) is 11.4 Å². The summed E-state index contributed by atoms with van der Waals surface area (Å²) in [6, 6.07) is 15.3. The number of hydrogen-bond acceptors (Lipinski definition) is 5. The van der Waals surface area contributed by atoms with Crippen LogP contribution in [0.15, 0.2) is 71.3 Å². The van der Waals surface area contributed by atoms with Crippen molar-refractivity contribution < 1.29 is 4.79 Å². The highest BCUT2D eigenvalue weighted by Gasteiger charge is 2.19. The number of carbonyl (C=O) groups is 1. The Morgan fingerprint density at radius 3 is 2.86 bits per heavy atom. The first-order valence-corrected chi connectivity index (χ1v) is 9.69. The molecule has 28 heavy (non-hydrogen) atoms. The van der Waals surface area contributed by atoms with E-state index in [2.05, 4.69) is 32.3 Å². The van der Waals surface area contributed by atoms with Crippen LogP contribution in [0.2, 0.25) is 0 Å². The highest BCUT2D eigenvalue weighted by molar-refractivity contribution is 7.12. The molecule has 3 heterocycles. The molecular formula is C21H19N5OS. The zero-order valence-corrected chi connectivity index (χ0v) is 15.9. The fourth-order valence-electron chi connectivity index (χ4n) is 3.07. The molecule has 0 fully saturated rings. The molecule has 0 aliphatic heterocycles. The summed E-state index contributed by atoms with van der Waals surface area (Å²) in [4.78, 5) is 24.9. The highest BCUT2D eigenvalue weighted by Crippen LogP contribution is 2.30. The summed E-state index contributed by atoms with van der Waals surface area (Å²) in [6.45, 7) is 3.99. The van der Waals surface area contributed by atoms with Crippen LogP contribution in [0.5, 0.6) is 0 Å². The van der Waals surface area contributed by atoms with Crippen molar-refractivity contribution in [2.24, 2.45) is 4.99 Å². The van der Waals surface area contributed by atoms with Crippen LogP contribution in [0.3, 0.4) is 0 Å². The summed E-state index contributed by atoms with van der Waals surface area (Å²) in [7, 11) is 0. The van der Waals surface area contributed by atoms with Crippen molar-refractivity contribution >= 4 is 46.4 Å². The molecule has 0 spiro atoms. The Hall–Kier alpha value is -3.45. The summed E-state index contributed by atoms with van der Waals surface area (Å²) in [5.74, 6) is -0.144. The van der Waals surface area contributed by atoms with Crippen molar-refractivity contribution in [1.29, 1.82) is 0 Å².